The quantitative estimate of drug-likeness (QED) is 0.766. The highest BCUT2D eigenvalue weighted by atomic mass is 32.1. The van der Waals surface area contributed by atoms with Gasteiger partial charge in [0.25, 0.3) is 0 Å². The monoisotopic (exact) mass is 349 g/mol. The molecule has 0 atom stereocenters. The first-order valence-corrected chi connectivity index (χ1v) is 9.08. The van der Waals surface area contributed by atoms with Crippen molar-refractivity contribution in [3.63, 3.8) is 0 Å². The van der Waals surface area contributed by atoms with E-state index in [1.54, 1.807) is 16.2 Å². The van der Waals surface area contributed by atoms with E-state index in [1.807, 2.05) is 31.3 Å². The molecule has 4 rings (SSSR count). The summed E-state index contributed by atoms with van der Waals surface area (Å²) in [5, 5.41) is 4.32. The van der Waals surface area contributed by atoms with Crippen LogP contribution >= 0.6 is 11.3 Å². The molecule has 0 radical (unpaired) electrons. The Hall–Kier alpha value is -2.66. The molecule has 0 spiro atoms. The minimum absolute atomic E-state index is 0.146. The second-order valence-electron chi connectivity index (χ2n) is 6.24. The van der Waals surface area contributed by atoms with Crippen LogP contribution in [0.15, 0.2) is 48.5 Å². The molecule has 4 nitrogen and oxygen atoms in total. The lowest BCUT2D eigenvalue weighted by Gasteiger charge is -2.10. The summed E-state index contributed by atoms with van der Waals surface area (Å²) in [5.41, 5.74) is 5.38. The number of nitrogens with one attached hydrogen (secondary N) is 1. The molecule has 0 unspecified atom stereocenters. The van der Waals surface area contributed by atoms with Crippen molar-refractivity contribution in [3.05, 3.63) is 64.5 Å². The number of rotatable bonds is 4. The van der Waals surface area contributed by atoms with Crippen molar-refractivity contribution >= 4 is 28.1 Å². The molecule has 126 valence electrons. The van der Waals surface area contributed by atoms with Gasteiger partial charge < -0.3 is 10.2 Å². The molecule has 2 heterocycles. The number of amides is 1. The predicted octanol–water partition coefficient (Wildman–Crippen LogP) is 4.25. The normalized spacial score (nSPS) is 13.2. The number of carbonyl (C=O) groups is 1. The highest BCUT2D eigenvalue weighted by Crippen LogP contribution is 2.35. The molecule has 1 N–H and O–H groups in total. The molecule has 25 heavy (non-hydrogen) atoms. The maximum absolute atomic E-state index is 11.9. The molecule has 0 fully saturated rings. The third-order valence-corrected chi connectivity index (χ3v) is 5.44. The minimum atomic E-state index is 0.146. The Balaban J connectivity index is 1.57. The lowest BCUT2D eigenvalue weighted by molar-refractivity contribution is -0.117. The van der Waals surface area contributed by atoms with Crippen LogP contribution in [-0.2, 0) is 17.8 Å². The van der Waals surface area contributed by atoms with Gasteiger partial charge in [-0.05, 0) is 30.2 Å². The van der Waals surface area contributed by atoms with Crippen LogP contribution in [0.3, 0.4) is 0 Å². The summed E-state index contributed by atoms with van der Waals surface area (Å²) < 4.78 is 0. The molecular formula is C20H19N3OS. The van der Waals surface area contributed by atoms with Gasteiger partial charge in [0, 0.05) is 29.7 Å². The van der Waals surface area contributed by atoms with E-state index in [9.17, 15) is 4.79 Å². The first kappa shape index (κ1) is 15.8. The fourth-order valence-corrected chi connectivity index (χ4v) is 3.96. The third kappa shape index (κ3) is 3.03. The van der Waals surface area contributed by atoms with Crippen molar-refractivity contribution in [2.75, 3.05) is 17.3 Å². The number of fused-ring (bicyclic) bond motifs is 1. The van der Waals surface area contributed by atoms with Crippen molar-refractivity contribution in [1.29, 1.82) is 0 Å². The lowest BCUT2D eigenvalue weighted by Crippen LogP contribution is -2.20. The molecule has 1 amide bonds. The molecule has 0 bridgehead atoms. The Bertz CT molecular complexity index is 933. The molecule has 1 aliphatic rings. The van der Waals surface area contributed by atoms with Crippen LogP contribution in [-0.4, -0.2) is 17.9 Å². The van der Waals surface area contributed by atoms with E-state index < -0.39 is 0 Å². The number of likely N-dealkylation sites (N-methyl/N-ethyl adjacent to an activating group) is 1. The third-order valence-electron chi connectivity index (χ3n) is 4.51. The highest BCUT2D eigenvalue weighted by Gasteiger charge is 2.24. The molecule has 1 aromatic heterocycles. The fraction of sp³-hybridized carbons (Fsp3) is 0.200. The Morgan fingerprint density at radius 3 is 2.80 bits per heavy atom. The van der Waals surface area contributed by atoms with E-state index in [0.717, 1.165) is 34.2 Å². The van der Waals surface area contributed by atoms with E-state index in [-0.39, 0.29) is 5.91 Å². The molecule has 1 aliphatic heterocycles. The number of hydrogen-bond donors (Lipinski definition) is 1. The van der Waals surface area contributed by atoms with Crippen molar-refractivity contribution < 1.29 is 4.79 Å². The molecule has 0 aliphatic carbocycles. The Morgan fingerprint density at radius 1 is 1.20 bits per heavy atom. The summed E-state index contributed by atoms with van der Waals surface area (Å²) >= 11 is 1.66. The zero-order valence-corrected chi connectivity index (χ0v) is 15.1. The summed E-state index contributed by atoms with van der Waals surface area (Å²) in [6, 6.07) is 16.5. The average Bonchev–Trinajstić information content (AvgIpc) is 3.13. The highest BCUT2D eigenvalue weighted by molar-refractivity contribution is 7.16. The zero-order valence-electron chi connectivity index (χ0n) is 14.2. The number of aromatic nitrogens is 1. The van der Waals surface area contributed by atoms with Gasteiger partial charge in [0.2, 0.25) is 5.91 Å². The summed E-state index contributed by atoms with van der Waals surface area (Å²) in [7, 11) is 1.83. The molecular weight excluding hydrogens is 330 g/mol. The maximum atomic E-state index is 11.9. The zero-order chi connectivity index (χ0) is 17.4. The lowest BCUT2D eigenvalue weighted by atomic mass is 10.1. The largest absolute Gasteiger partial charge is 0.357 e. The number of benzene rings is 2. The number of anilines is 2. The van der Waals surface area contributed by atoms with Crippen LogP contribution in [0.2, 0.25) is 0 Å². The van der Waals surface area contributed by atoms with Gasteiger partial charge in [0.15, 0.2) is 5.13 Å². The van der Waals surface area contributed by atoms with Gasteiger partial charge in [-0.2, -0.15) is 0 Å². The second-order valence-corrected chi connectivity index (χ2v) is 7.44. The average molecular weight is 349 g/mol. The summed E-state index contributed by atoms with van der Waals surface area (Å²) in [6.07, 6.45) is 0.474. The summed E-state index contributed by atoms with van der Waals surface area (Å²) in [4.78, 5) is 19.5. The van der Waals surface area contributed by atoms with E-state index >= 15 is 0 Å². The second kappa shape index (κ2) is 6.33. The Morgan fingerprint density at radius 2 is 2.00 bits per heavy atom. The van der Waals surface area contributed by atoms with Crippen molar-refractivity contribution in [3.8, 4) is 11.3 Å². The van der Waals surface area contributed by atoms with Gasteiger partial charge in [-0.3, -0.25) is 4.79 Å². The summed E-state index contributed by atoms with van der Waals surface area (Å²) in [5.74, 6) is 0.146. The molecule has 0 saturated heterocycles. The van der Waals surface area contributed by atoms with Gasteiger partial charge in [0.05, 0.1) is 12.1 Å². The van der Waals surface area contributed by atoms with Crippen molar-refractivity contribution in [2.45, 2.75) is 19.9 Å². The molecule has 3 aromatic rings. The van der Waals surface area contributed by atoms with Gasteiger partial charge >= 0.3 is 0 Å². The van der Waals surface area contributed by atoms with Crippen LogP contribution in [0.5, 0.6) is 0 Å². The smallest absolute Gasteiger partial charge is 0.231 e. The number of carbonyl (C=O) groups excluding carboxylic acids is 1. The van der Waals surface area contributed by atoms with E-state index in [2.05, 4.69) is 36.5 Å². The van der Waals surface area contributed by atoms with E-state index in [0.29, 0.717) is 6.42 Å². The van der Waals surface area contributed by atoms with Gasteiger partial charge in [-0.15, -0.1) is 11.3 Å². The standard InChI is InChI=1S/C20H19N3OS/c1-13-19(15-8-9-17-16(10-15)11-18(24)23(17)2)22-20(25-13)21-12-14-6-4-3-5-7-14/h3-10H,11-12H2,1-2H3,(H,21,22). The van der Waals surface area contributed by atoms with Crippen LogP contribution in [0.1, 0.15) is 16.0 Å². The van der Waals surface area contributed by atoms with Gasteiger partial charge in [0.1, 0.15) is 0 Å². The maximum Gasteiger partial charge on any atom is 0.231 e. The van der Waals surface area contributed by atoms with Crippen LogP contribution in [0, 0.1) is 6.92 Å². The molecule has 2 aromatic carbocycles. The minimum Gasteiger partial charge on any atom is -0.357 e. The number of aryl methyl sites for hydroxylation is 1. The Kier molecular flexibility index (Phi) is 4.01. The fourth-order valence-electron chi connectivity index (χ4n) is 3.13. The predicted molar refractivity (Wildman–Crippen MR) is 103 cm³/mol. The first-order valence-electron chi connectivity index (χ1n) is 8.27. The van der Waals surface area contributed by atoms with E-state index in [1.165, 1.54) is 10.4 Å². The SMILES string of the molecule is Cc1sc(NCc2ccccc2)nc1-c1ccc2c(c1)CC(=O)N2C. The number of thiazole rings is 1. The topological polar surface area (TPSA) is 45.2 Å². The number of nitrogens with zero attached hydrogens (tertiary/aromatic N) is 2. The summed E-state index contributed by atoms with van der Waals surface area (Å²) in [6.45, 7) is 2.85. The van der Waals surface area contributed by atoms with E-state index in [4.69, 9.17) is 4.98 Å². The van der Waals surface area contributed by atoms with Gasteiger partial charge in [-0.1, -0.05) is 36.4 Å². The number of hydrogen-bond acceptors (Lipinski definition) is 4. The first-order chi connectivity index (χ1) is 12.1. The molecule has 5 heteroatoms. The van der Waals surface area contributed by atoms with Crippen LogP contribution in [0.4, 0.5) is 10.8 Å². The van der Waals surface area contributed by atoms with Gasteiger partial charge in [-0.25, -0.2) is 4.98 Å². The van der Waals surface area contributed by atoms with Crippen molar-refractivity contribution in [2.24, 2.45) is 0 Å². The van der Waals surface area contributed by atoms with Crippen molar-refractivity contribution in [1.82, 2.24) is 4.98 Å². The van der Waals surface area contributed by atoms with Crippen LogP contribution < -0.4 is 10.2 Å². The van der Waals surface area contributed by atoms with Crippen LogP contribution in [0.25, 0.3) is 11.3 Å². The molecule has 0 saturated carbocycles. The Labute approximate surface area is 151 Å².